The normalized spacial score (nSPS) is 20.2. The second-order valence-electron chi connectivity index (χ2n) is 3.92. The first-order valence-corrected chi connectivity index (χ1v) is 5.54. The topological polar surface area (TPSA) is 44.4 Å². The first-order valence-electron chi connectivity index (χ1n) is 5.54. The van der Waals surface area contributed by atoms with Crippen LogP contribution in [-0.4, -0.2) is 50.1 Å². The van der Waals surface area contributed by atoms with Crippen molar-refractivity contribution in [1.29, 1.82) is 0 Å². The van der Waals surface area contributed by atoms with Crippen molar-refractivity contribution in [1.82, 2.24) is 15.5 Å². The maximum Gasteiger partial charge on any atom is 0.234 e. The number of nitrogens with one attached hydrogen (secondary N) is 2. The van der Waals surface area contributed by atoms with Crippen molar-refractivity contribution in [2.24, 2.45) is 0 Å². The lowest BCUT2D eigenvalue weighted by Gasteiger charge is -2.23. The van der Waals surface area contributed by atoms with E-state index in [1.165, 1.54) is 12.8 Å². The number of hydrogen-bond acceptors (Lipinski definition) is 3. The Labute approximate surface area is 104 Å². The summed E-state index contributed by atoms with van der Waals surface area (Å²) in [5.74, 6) is 0.0953. The molecule has 2 N–H and O–H groups in total. The maximum absolute atomic E-state index is 11.5. The number of carbonyl (C=O) groups is 1. The van der Waals surface area contributed by atoms with Gasteiger partial charge in [-0.05, 0) is 26.4 Å². The quantitative estimate of drug-likeness (QED) is 0.668. The van der Waals surface area contributed by atoms with Gasteiger partial charge in [-0.15, -0.1) is 19.0 Å². The number of nitrogens with zero attached hydrogens (tertiary/aromatic N) is 1. The molecule has 1 aliphatic rings. The van der Waals surface area contributed by atoms with E-state index in [1.807, 2.05) is 7.05 Å². The molecular weight excluding hydrogens is 226 g/mol. The van der Waals surface area contributed by atoms with E-state index < -0.39 is 0 Å². The fraction of sp³-hybridized carbons (Fsp3) is 0.727. The molecule has 1 atom stereocenters. The zero-order valence-corrected chi connectivity index (χ0v) is 10.7. The highest BCUT2D eigenvalue weighted by Gasteiger charge is 2.24. The summed E-state index contributed by atoms with van der Waals surface area (Å²) in [4.78, 5) is 13.7. The minimum Gasteiger partial charge on any atom is -0.352 e. The molecule has 1 aliphatic heterocycles. The molecule has 16 heavy (non-hydrogen) atoms. The second-order valence-corrected chi connectivity index (χ2v) is 3.92. The van der Waals surface area contributed by atoms with Gasteiger partial charge in [-0.25, -0.2) is 0 Å². The largest absolute Gasteiger partial charge is 0.352 e. The first kappa shape index (κ1) is 15.4. The van der Waals surface area contributed by atoms with Crippen LogP contribution in [0.15, 0.2) is 12.7 Å². The summed E-state index contributed by atoms with van der Waals surface area (Å²) in [6.07, 6.45) is 4.09. The molecular formula is C11H22ClN3O. The van der Waals surface area contributed by atoms with E-state index in [4.69, 9.17) is 0 Å². The highest BCUT2D eigenvalue weighted by atomic mass is 35.5. The third-order valence-corrected chi connectivity index (χ3v) is 2.73. The summed E-state index contributed by atoms with van der Waals surface area (Å²) in [5, 5.41) is 5.97. The molecule has 0 spiro atoms. The lowest BCUT2D eigenvalue weighted by molar-refractivity contribution is -0.122. The smallest absolute Gasteiger partial charge is 0.234 e. The van der Waals surface area contributed by atoms with Gasteiger partial charge in [0.2, 0.25) is 5.91 Å². The van der Waals surface area contributed by atoms with Crippen molar-refractivity contribution in [3.63, 3.8) is 0 Å². The van der Waals surface area contributed by atoms with Crippen LogP contribution in [0.3, 0.4) is 0 Å². The standard InChI is InChI=1S/C11H21N3O.ClH/c1-3-6-13-11(15)9-14-7-4-5-10(14)8-12-2;/h3,10,12H,1,4-9H2,2H3,(H,13,15);1H. The van der Waals surface area contributed by atoms with Crippen LogP contribution in [-0.2, 0) is 4.79 Å². The summed E-state index contributed by atoms with van der Waals surface area (Å²) in [6.45, 7) is 6.65. The summed E-state index contributed by atoms with van der Waals surface area (Å²) in [6, 6.07) is 0.518. The molecule has 1 rings (SSSR count). The third kappa shape index (κ3) is 4.96. The molecule has 94 valence electrons. The van der Waals surface area contributed by atoms with E-state index in [2.05, 4.69) is 22.1 Å². The average Bonchev–Trinajstić information content (AvgIpc) is 2.63. The summed E-state index contributed by atoms with van der Waals surface area (Å²) < 4.78 is 0. The summed E-state index contributed by atoms with van der Waals surface area (Å²) in [5.41, 5.74) is 0. The lowest BCUT2D eigenvalue weighted by Crippen LogP contribution is -2.43. The van der Waals surface area contributed by atoms with Crippen LogP contribution < -0.4 is 10.6 Å². The molecule has 0 aliphatic carbocycles. The number of amides is 1. The average molecular weight is 248 g/mol. The predicted molar refractivity (Wildman–Crippen MR) is 69.0 cm³/mol. The summed E-state index contributed by atoms with van der Waals surface area (Å²) in [7, 11) is 1.95. The zero-order valence-electron chi connectivity index (χ0n) is 9.87. The molecule has 1 amide bonds. The molecule has 1 saturated heterocycles. The maximum atomic E-state index is 11.5. The number of carbonyl (C=O) groups excluding carboxylic acids is 1. The molecule has 4 nitrogen and oxygen atoms in total. The van der Waals surface area contributed by atoms with Crippen LogP contribution in [0.25, 0.3) is 0 Å². The molecule has 5 heteroatoms. The van der Waals surface area contributed by atoms with Crippen molar-refractivity contribution in [3.05, 3.63) is 12.7 Å². The lowest BCUT2D eigenvalue weighted by atomic mass is 10.2. The molecule has 0 bridgehead atoms. The van der Waals surface area contributed by atoms with Crippen molar-refractivity contribution < 1.29 is 4.79 Å². The third-order valence-electron chi connectivity index (χ3n) is 2.73. The molecule has 0 aromatic rings. The Morgan fingerprint density at radius 2 is 2.38 bits per heavy atom. The second kappa shape index (κ2) is 8.56. The van der Waals surface area contributed by atoms with E-state index in [0.29, 0.717) is 19.1 Å². The molecule has 0 radical (unpaired) electrons. The molecule has 1 heterocycles. The Morgan fingerprint density at radius 3 is 3.00 bits per heavy atom. The minimum absolute atomic E-state index is 0. The molecule has 1 unspecified atom stereocenters. The Bertz CT molecular complexity index is 223. The van der Waals surface area contributed by atoms with Crippen molar-refractivity contribution in [2.45, 2.75) is 18.9 Å². The molecule has 0 aromatic heterocycles. The van der Waals surface area contributed by atoms with Crippen LogP contribution in [0, 0.1) is 0 Å². The fourth-order valence-electron chi connectivity index (χ4n) is 2.00. The predicted octanol–water partition coefficient (Wildman–Crippen LogP) is 0.394. The van der Waals surface area contributed by atoms with Crippen LogP contribution in [0.1, 0.15) is 12.8 Å². The molecule has 0 saturated carbocycles. The SMILES string of the molecule is C=CCNC(=O)CN1CCCC1CNC.Cl. The van der Waals surface area contributed by atoms with Gasteiger partial charge in [0.25, 0.3) is 0 Å². The van der Waals surface area contributed by atoms with Gasteiger partial charge in [0.15, 0.2) is 0 Å². The number of likely N-dealkylation sites (tertiary alicyclic amines) is 1. The van der Waals surface area contributed by atoms with Gasteiger partial charge in [0.1, 0.15) is 0 Å². The zero-order chi connectivity index (χ0) is 11.1. The number of likely N-dealkylation sites (N-methyl/N-ethyl adjacent to an activating group) is 1. The monoisotopic (exact) mass is 247 g/mol. The number of rotatable bonds is 6. The van der Waals surface area contributed by atoms with E-state index in [9.17, 15) is 4.79 Å². The highest BCUT2D eigenvalue weighted by molar-refractivity contribution is 5.85. The minimum atomic E-state index is 0. The Balaban J connectivity index is 0.00000225. The van der Waals surface area contributed by atoms with Crippen LogP contribution >= 0.6 is 12.4 Å². The van der Waals surface area contributed by atoms with Crippen LogP contribution in [0.4, 0.5) is 0 Å². The first-order chi connectivity index (χ1) is 7.27. The van der Waals surface area contributed by atoms with Crippen molar-refractivity contribution in [2.75, 3.05) is 33.2 Å². The van der Waals surface area contributed by atoms with E-state index >= 15 is 0 Å². The van der Waals surface area contributed by atoms with Gasteiger partial charge in [-0.3, -0.25) is 9.69 Å². The van der Waals surface area contributed by atoms with E-state index in [0.717, 1.165) is 13.1 Å². The summed E-state index contributed by atoms with van der Waals surface area (Å²) >= 11 is 0. The van der Waals surface area contributed by atoms with Crippen LogP contribution in [0.5, 0.6) is 0 Å². The van der Waals surface area contributed by atoms with Crippen LogP contribution in [0.2, 0.25) is 0 Å². The van der Waals surface area contributed by atoms with E-state index in [-0.39, 0.29) is 18.3 Å². The van der Waals surface area contributed by atoms with E-state index in [1.54, 1.807) is 6.08 Å². The van der Waals surface area contributed by atoms with Gasteiger partial charge in [-0.1, -0.05) is 6.08 Å². The molecule has 0 aromatic carbocycles. The highest BCUT2D eigenvalue weighted by Crippen LogP contribution is 2.15. The van der Waals surface area contributed by atoms with Crippen molar-refractivity contribution in [3.8, 4) is 0 Å². The van der Waals surface area contributed by atoms with Gasteiger partial charge in [0, 0.05) is 19.1 Å². The fourth-order valence-corrected chi connectivity index (χ4v) is 2.00. The van der Waals surface area contributed by atoms with Gasteiger partial charge in [-0.2, -0.15) is 0 Å². The Kier molecular flexibility index (Phi) is 8.25. The van der Waals surface area contributed by atoms with Gasteiger partial charge in [0.05, 0.1) is 6.54 Å². The number of halogens is 1. The van der Waals surface area contributed by atoms with Gasteiger partial charge >= 0.3 is 0 Å². The van der Waals surface area contributed by atoms with Crippen molar-refractivity contribution >= 4 is 18.3 Å². The molecule has 1 fully saturated rings. The van der Waals surface area contributed by atoms with Gasteiger partial charge < -0.3 is 10.6 Å². The Morgan fingerprint density at radius 1 is 1.62 bits per heavy atom. The Hall–Kier alpha value is -0.580. The number of hydrogen-bond donors (Lipinski definition) is 2.